The zero-order valence-electron chi connectivity index (χ0n) is 23.0. The maximum atomic E-state index is 12.5. The van der Waals surface area contributed by atoms with Gasteiger partial charge in [0, 0.05) is 12.1 Å². The fourth-order valence-electron chi connectivity index (χ4n) is 4.12. The Hall–Kier alpha value is -4.20. The third-order valence-corrected chi connectivity index (χ3v) is 6.39. The van der Waals surface area contributed by atoms with Crippen LogP contribution < -0.4 is 14.2 Å². The number of carbonyl (C=O) groups is 2. The van der Waals surface area contributed by atoms with Crippen molar-refractivity contribution in [3.63, 3.8) is 0 Å². The summed E-state index contributed by atoms with van der Waals surface area (Å²) in [5, 5.41) is 10.9. The molecule has 0 bridgehead atoms. The first-order chi connectivity index (χ1) is 19.5. The quantitative estimate of drug-likeness (QED) is 0.0550. The Kier molecular flexibility index (Phi) is 12.7. The molecule has 0 amide bonds. The summed E-state index contributed by atoms with van der Waals surface area (Å²) < 4.78 is 16.5. The number of carbonyl (C=O) groups excluding carboxylic acids is 2. The molecule has 0 saturated heterocycles. The van der Waals surface area contributed by atoms with E-state index in [2.05, 4.69) is 6.92 Å². The van der Waals surface area contributed by atoms with Crippen LogP contribution in [0.15, 0.2) is 72.8 Å². The SMILES string of the molecule is CCCCCCCCCCCCOc1ccc(OC(=O)c2ccc(OC(=O)c3cccc([N+](=O)[O-])c3)cc2)cc1. The van der Waals surface area contributed by atoms with Gasteiger partial charge in [0.2, 0.25) is 0 Å². The van der Waals surface area contributed by atoms with Crippen LogP contribution in [0.2, 0.25) is 0 Å². The van der Waals surface area contributed by atoms with Gasteiger partial charge in [-0.25, -0.2) is 9.59 Å². The molecule has 0 N–H and O–H groups in total. The lowest BCUT2D eigenvalue weighted by Gasteiger charge is -2.09. The number of non-ortho nitro benzene ring substituents is 1. The van der Waals surface area contributed by atoms with Gasteiger partial charge in [-0.05, 0) is 61.0 Å². The van der Waals surface area contributed by atoms with E-state index in [1.165, 1.54) is 93.8 Å². The summed E-state index contributed by atoms with van der Waals surface area (Å²) in [6.07, 6.45) is 12.8. The zero-order valence-corrected chi connectivity index (χ0v) is 23.0. The molecule has 0 aromatic heterocycles. The second-order valence-corrected chi connectivity index (χ2v) is 9.61. The van der Waals surface area contributed by atoms with Gasteiger partial charge in [-0.2, -0.15) is 0 Å². The van der Waals surface area contributed by atoms with Gasteiger partial charge in [-0.3, -0.25) is 10.1 Å². The molecule has 8 nitrogen and oxygen atoms in total. The van der Waals surface area contributed by atoms with E-state index in [0.717, 1.165) is 24.7 Å². The number of esters is 2. The van der Waals surface area contributed by atoms with Crippen LogP contribution in [-0.4, -0.2) is 23.5 Å². The first kappa shape index (κ1) is 30.3. The molecule has 0 aliphatic carbocycles. The van der Waals surface area contributed by atoms with E-state index in [-0.39, 0.29) is 22.6 Å². The maximum Gasteiger partial charge on any atom is 0.343 e. The van der Waals surface area contributed by atoms with Crippen LogP contribution in [0.1, 0.15) is 91.8 Å². The monoisotopic (exact) mass is 547 g/mol. The molecule has 0 aliphatic rings. The predicted molar refractivity (Wildman–Crippen MR) is 153 cm³/mol. The van der Waals surface area contributed by atoms with Gasteiger partial charge in [-0.1, -0.05) is 70.8 Å². The van der Waals surface area contributed by atoms with E-state index in [1.807, 2.05) is 0 Å². The second-order valence-electron chi connectivity index (χ2n) is 9.61. The van der Waals surface area contributed by atoms with Gasteiger partial charge in [0.1, 0.15) is 17.2 Å². The van der Waals surface area contributed by atoms with Crippen molar-refractivity contribution in [1.82, 2.24) is 0 Å². The molecule has 8 heteroatoms. The fourth-order valence-corrected chi connectivity index (χ4v) is 4.12. The average molecular weight is 548 g/mol. The van der Waals surface area contributed by atoms with Crippen molar-refractivity contribution in [3.8, 4) is 17.2 Å². The molecule has 0 spiro atoms. The van der Waals surface area contributed by atoms with E-state index in [9.17, 15) is 19.7 Å². The van der Waals surface area contributed by atoms with Crippen molar-refractivity contribution in [2.24, 2.45) is 0 Å². The number of hydrogen-bond acceptors (Lipinski definition) is 7. The summed E-state index contributed by atoms with van der Waals surface area (Å²) in [5.41, 5.74) is 0.117. The minimum absolute atomic E-state index is 0.0496. The summed E-state index contributed by atoms with van der Waals surface area (Å²) in [6.45, 7) is 2.90. The molecule has 3 aromatic carbocycles. The molecule has 212 valence electrons. The van der Waals surface area contributed by atoms with Gasteiger partial charge in [-0.15, -0.1) is 0 Å². The molecular formula is C32H37NO7. The Balaban J connectivity index is 1.36. The number of nitrogens with zero attached hydrogens (tertiary/aromatic N) is 1. The number of nitro benzene ring substituents is 1. The summed E-state index contributed by atoms with van der Waals surface area (Å²) in [7, 11) is 0. The molecule has 3 rings (SSSR count). The van der Waals surface area contributed by atoms with Crippen LogP contribution in [0.4, 0.5) is 5.69 Å². The van der Waals surface area contributed by atoms with Crippen LogP contribution in [0, 0.1) is 10.1 Å². The fraction of sp³-hybridized carbons (Fsp3) is 0.375. The van der Waals surface area contributed by atoms with E-state index >= 15 is 0 Å². The minimum Gasteiger partial charge on any atom is -0.494 e. The Morgan fingerprint density at radius 3 is 1.73 bits per heavy atom. The van der Waals surface area contributed by atoms with Crippen molar-refractivity contribution in [2.75, 3.05) is 6.61 Å². The van der Waals surface area contributed by atoms with E-state index in [4.69, 9.17) is 14.2 Å². The van der Waals surface area contributed by atoms with Gasteiger partial charge >= 0.3 is 11.9 Å². The molecule has 0 saturated carbocycles. The number of rotatable bonds is 17. The van der Waals surface area contributed by atoms with Crippen LogP contribution in [-0.2, 0) is 0 Å². The van der Waals surface area contributed by atoms with Gasteiger partial charge in [0.15, 0.2) is 0 Å². The summed E-state index contributed by atoms with van der Waals surface area (Å²) in [5.74, 6) is 0.00478. The smallest absolute Gasteiger partial charge is 0.343 e. The van der Waals surface area contributed by atoms with Crippen molar-refractivity contribution in [2.45, 2.75) is 71.1 Å². The summed E-state index contributed by atoms with van der Waals surface area (Å²) >= 11 is 0. The molecule has 0 heterocycles. The van der Waals surface area contributed by atoms with Crippen LogP contribution >= 0.6 is 0 Å². The lowest BCUT2D eigenvalue weighted by molar-refractivity contribution is -0.384. The number of ether oxygens (including phenoxy) is 3. The molecule has 0 aliphatic heterocycles. The molecule has 40 heavy (non-hydrogen) atoms. The standard InChI is InChI=1S/C32H37NO7/c1-2-3-4-5-6-7-8-9-10-11-23-38-28-19-21-30(22-20-28)39-31(34)25-15-17-29(18-16-25)40-32(35)26-13-12-14-27(24-26)33(36)37/h12-22,24H,2-11,23H2,1H3. The van der Waals surface area contributed by atoms with Crippen molar-refractivity contribution < 1.29 is 28.7 Å². The highest BCUT2D eigenvalue weighted by Crippen LogP contribution is 2.21. The Labute approximate surface area is 235 Å². The van der Waals surface area contributed by atoms with Crippen LogP contribution in [0.5, 0.6) is 17.2 Å². The molecule has 0 unspecified atom stereocenters. The third kappa shape index (κ3) is 10.5. The predicted octanol–water partition coefficient (Wildman–Crippen LogP) is 8.33. The zero-order chi connectivity index (χ0) is 28.6. The van der Waals surface area contributed by atoms with Crippen LogP contribution in [0.3, 0.4) is 0 Å². The van der Waals surface area contributed by atoms with E-state index in [0.29, 0.717) is 12.4 Å². The van der Waals surface area contributed by atoms with Crippen molar-refractivity contribution in [3.05, 3.63) is 94.0 Å². The largest absolute Gasteiger partial charge is 0.494 e. The Morgan fingerprint density at radius 2 is 1.15 bits per heavy atom. The lowest BCUT2D eigenvalue weighted by atomic mass is 10.1. The van der Waals surface area contributed by atoms with Gasteiger partial charge < -0.3 is 14.2 Å². The van der Waals surface area contributed by atoms with Crippen LogP contribution in [0.25, 0.3) is 0 Å². The topological polar surface area (TPSA) is 105 Å². The average Bonchev–Trinajstić information content (AvgIpc) is 2.97. The third-order valence-electron chi connectivity index (χ3n) is 6.39. The first-order valence-electron chi connectivity index (χ1n) is 14.0. The highest BCUT2D eigenvalue weighted by atomic mass is 16.6. The van der Waals surface area contributed by atoms with Gasteiger partial charge in [0.25, 0.3) is 5.69 Å². The van der Waals surface area contributed by atoms with Gasteiger partial charge in [0.05, 0.1) is 22.7 Å². The molecule has 3 aromatic rings. The first-order valence-corrected chi connectivity index (χ1v) is 14.0. The normalized spacial score (nSPS) is 10.6. The summed E-state index contributed by atoms with van der Waals surface area (Å²) in [4.78, 5) is 35.1. The van der Waals surface area contributed by atoms with E-state index < -0.39 is 16.9 Å². The number of nitro groups is 1. The minimum atomic E-state index is -0.741. The van der Waals surface area contributed by atoms with Crippen molar-refractivity contribution >= 4 is 17.6 Å². The molecule has 0 fully saturated rings. The summed E-state index contributed by atoms with van der Waals surface area (Å²) in [6, 6.07) is 18.0. The Bertz CT molecular complexity index is 1220. The highest BCUT2D eigenvalue weighted by molar-refractivity contribution is 5.93. The second kappa shape index (κ2) is 16.7. The number of unbranched alkanes of at least 4 members (excludes halogenated alkanes) is 9. The Morgan fingerprint density at radius 1 is 0.650 bits per heavy atom. The number of hydrogen-bond donors (Lipinski definition) is 0. The highest BCUT2D eigenvalue weighted by Gasteiger charge is 2.14. The molecule has 0 atom stereocenters. The van der Waals surface area contributed by atoms with E-state index in [1.54, 1.807) is 24.3 Å². The lowest BCUT2D eigenvalue weighted by Crippen LogP contribution is -2.10. The van der Waals surface area contributed by atoms with Crippen molar-refractivity contribution in [1.29, 1.82) is 0 Å². The molecule has 0 radical (unpaired) electrons. The molecular weight excluding hydrogens is 510 g/mol. The maximum absolute atomic E-state index is 12.5. The number of benzene rings is 3.